The molecule has 0 spiro atoms. The Balaban J connectivity index is 1.87. The molecule has 1 N–H and O–H groups in total. The Morgan fingerprint density at radius 2 is 2.21 bits per heavy atom. The molecule has 0 aliphatic carbocycles. The molecule has 102 valence electrons. The monoisotopic (exact) mass is 260 g/mol. The number of rotatable bonds is 2. The number of morpholine rings is 1. The van der Waals surface area contributed by atoms with Gasteiger partial charge >= 0.3 is 0 Å². The Labute approximate surface area is 113 Å². The van der Waals surface area contributed by atoms with Crippen molar-refractivity contribution >= 4 is 11.6 Å². The Bertz CT molecular complexity index is 493. The molecular weight excluding hydrogens is 240 g/mol. The minimum absolute atomic E-state index is 0.0830. The normalized spacial score (nSPS) is 25.5. The molecule has 1 aromatic carbocycles. The van der Waals surface area contributed by atoms with E-state index in [2.05, 4.69) is 5.32 Å². The van der Waals surface area contributed by atoms with Crippen molar-refractivity contribution in [3.63, 3.8) is 0 Å². The van der Waals surface area contributed by atoms with Gasteiger partial charge in [-0.3, -0.25) is 4.79 Å². The van der Waals surface area contributed by atoms with Crippen LogP contribution in [0.15, 0.2) is 24.3 Å². The van der Waals surface area contributed by atoms with Crippen molar-refractivity contribution in [2.75, 3.05) is 31.1 Å². The van der Waals surface area contributed by atoms with Gasteiger partial charge in [0.15, 0.2) is 0 Å². The standard InChI is InChI=1S/C15H20N2O2/c1-15(2)12-5-3-4-6-13(12)17(14(15)18)10-11-9-16-7-8-19-11/h3-6,11,16H,7-10H2,1-2H3. The van der Waals surface area contributed by atoms with E-state index in [1.165, 1.54) is 0 Å². The molecule has 4 nitrogen and oxygen atoms in total. The Morgan fingerprint density at radius 1 is 1.42 bits per heavy atom. The molecule has 1 unspecified atom stereocenters. The number of carbonyl (C=O) groups is 1. The molecule has 0 aromatic heterocycles. The minimum Gasteiger partial charge on any atom is -0.374 e. The van der Waals surface area contributed by atoms with Crippen LogP contribution in [0.2, 0.25) is 0 Å². The van der Waals surface area contributed by atoms with Crippen LogP contribution in [0.1, 0.15) is 19.4 Å². The summed E-state index contributed by atoms with van der Waals surface area (Å²) >= 11 is 0. The number of hydrogen-bond acceptors (Lipinski definition) is 3. The smallest absolute Gasteiger partial charge is 0.237 e. The molecule has 1 fully saturated rings. The van der Waals surface area contributed by atoms with E-state index in [1.54, 1.807) is 0 Å². The third-order valence-corrected chi connectivity index (χ3v) is 4.04. The molecule has 1 amide bonds. The number of ether oxygens (including phenoxy) is 1. The summed E-state index contributed by atoms with van der Waals surface area (Å²) in [7, 11) is 0. The lowest BCUT2D eigenvalue weighted by molar-refractivity contribution is -0.122. The lowest BCUT2D eigenvalue weighted by Crippen LogP contribution is -2.47. The van der Waals surface area contributed by atoms with Gasteiger partial charge in [-0.2, -0.15) is 0 Å². The number of fused-ring (bicyclic) bond motifs is 1. The lowest BCUT2D eigenvalue weighted by Gasteiger charge is -2.29. The van der Waals surface area contributed by atoms with Crippen molar-refractivity contribution in [3.05, 3.63) is 29.8 Å². The summed E-state index contributed by atoms with van der Waals surface area (Å²) in [6.07, 6.45) is 0.0830. The molecule has 2 aliphatic heterocycles. The fourth-order valence-electron chi connectivity index (χ4n) is 2.92. The second-order valence-electron chi connectivity index (χ2n) is 5.75. The number of anilines is 1. The number of para-hydroxylation sites is 1. The van der Waals surface area contributed by atoms with Gasteiger partial charge in [0.25, 0.3) is 0 Å². The molecule has 2 aliphatic rings. The van der Waals surface area contributed by atoms with Crippen LogP contribution >= 0.6 is 0 Å². The molecule has 4 heteroatoms. The topological polar surface area (TPSA) is 41.6 Å². The number of nitrogens with zero attached hydrogens (tertiary/aromatic N) is 1. The zero-order valence-electron chi connectivity index (χ0n) is 11.5. The van der Waals surface area contributed by atoms with Gasteiger partial charge in [0.1, 0.15) is 0 Å². The van der Waals surface area contributed by atoms with Gasteiger partial charge in [0.2, 0.25) is 5.91 Å². The van der Waals surface area contributed by atoms with Crippen LogP contribution in [0.5, 0.6) is 0 Å². The average Bonchev–Trinajstić information content (AvgIpc) is 2.62. The molecule has 0 saturated carbocycles. The Hall–Kier alpha value is -1.39. The van der Waals surface area contributed by atoms with Crippen LogP contribution in [-0.4, -0.2) is 38.3 Å². The molecule has 1 saturated heterocycles. The maximum atomic E-state index is 12.6. The van der Waals surface area contributed by atoms with Crippen LogP contribution in [-0.2, 0) is 14.9 Å². The van der Waals surface area contributed by atoms with Gasteiger partial charge in [-0.15, -0.1) is 0 Å². The van der Waals surface area contributed by atoms with E-state index < -0.39 is 5.41 Å². The van der Waals surface area contributed by atoms with E-state index in [4.69, 9.17) is 4.74 Å². The third kappa shape index (κ3) is 2.05. The summed E-state index contributed by atoms with van der Waals surface area (Å²) in [5.41, 5.74) is 1.72. The molecule has 1 atom stereocenters. The van der Waals surface area contributed by atoms with Crippen molar-refractivity contribution < 1.29 is 9.53 Å². The largest absolute Gasteiger partial charge is 0.374 e. The highest BCUT2D eigenvalue weighted by Gasteiger charge is 2.44. The lowest BCUT2D eigenvalue weighted by atomic mass is 9.86. The van der Waals surface area contributed by atoms with Gasteiger partial charge in [-0.1, -0.05) is 18.2 Å². The predicted molar refractivity (Wildman–Crippen MR) is 74.4 cm³/mol. The Kier molecular flexibility index (Phi) is 3.07. The second-order valence-corrected chi connectivity index (χ2v) is 5.75. The van der Waals surface area contributed by atoms with E-state index in [0.29, 0.717) is 6.54 Å². The predicted octanol–water partition coefficient (Wildman–Crippen LogP) is 1.30. The summed E-state index contributed by atoms with van der Waals surface area (Å²) in [6.45, 7) is 7.05. The maximum Gasteiger partial charge on any atom is 0.237 e. The highest BCUT2D eigenvalue weighted by atomic mass is 16.5. The van der Waals surface area contributed by atoms with Crippen LogP contribution in [0.4, 0.5) is 5.69 Å². The third-order valence-electron chi connectivity index (χ3n) is 4.04. The van der Waals surface area contributed by atoms with E-state index >= 15 is 0 Å². The van der Waals surface area contributed by atoms with E-state index in [1.807, 2.05) is 43.0 Å². The molecule has 0 bridgehead atoms. The van der Waals surface area contributed by atoms with Gasteiger partial charge < -0.3 is 15.0 Å². The second kappa shape index (κ2) is 4.62. The number of carbonyl (C=O) groups excluding carboxylic acids is 1. The number of hydrogen-bond donors (Lipinski definition) is 1. The molecular formula is C15H20N2O2. The fourth-order valence-corrected chi connectivity index (χ4v) is 2.92. The van der Waals surface area contributed by atoms with Crippen molar-refractivity contribution in [2.45, 2.75) is 25.4 Å². The van der Waals surface area contributed by atoms with Crippen LogP contribution in [0.25, 0.3) is 0 Å². The zero-order chi connectivity index (χ0) is 13.5. The number of benzene rings is 1. The highest BCUT2D eigenvalue weighted by Crippen LogP contribution is 2.41. The van der Waals surface area contributed by atoms with Crippen molar-refractivity contribution in [2.24, 2.45) is 0 Å². The van der Waals surface area contributed by atoms with Gasteiger partial charge in [-0.25, -0.2) is 0 Å². The van der Waals surface area contributed by atoms with E-state index in [-0.39, 0.29) is 12.0 Å². The number of amides is 1. The van der Waals surface area contributed by atoms with Crippen LogP contribution in [0.3, 0.4) is 0 Å². The summed E-state index contributed by atoms with van der Waals surface area (Å²) in [5, 5.41) is 3.31. The first-order chi connectivity index (χ1) is 9.10. The van der Waals surface area contributed by atoms with Crippen molar-refractivity contribution in [3.8, 4) is 0 Å². The number of nitrogens with one attached hydrogen (secondary N) is 1. The van der Waals surface area contributed by atoms with Crippen LogP contribution in [0, 0.1) is 0 Å². The summed E-state index contributed by atoms with van der Waals surface area (Å²) < 4.78 is 5.72. The van der Waals surface area contributed by atoms with Crippen LogP contribution < -0.4 is 10.2 Å². The minimum atomic E-state index is -0.432. The quantitative estimate of drug-likeness (QED) is 0.871. The fraction of sp³-hybridized carbons (Fsp3) is 0.533. The first kappa shape index (κ1) is 12.6. The molecule has 19 heavy (non-hydrogen) atoms. The van der Waals surface area contributed by atoms with E-state index in [9.17, 15) is 4.79 Å². The highest BCUT2D eigenvalue weighted by molar-refractivity contribution is 6.07. The molecule has 1 aromatic rings. The summed E-state index contributed by atoms with van der Waals surface area (Å²) in [4.78, 5) is 14.5. The first-order valence-corrected chi connectivity index (χ1v) is 6.84. The van der Waals surface area contributed by atoms with Crippen molar-refractivity contribution in [1.29, 1.82) is 0 Å². The van der Waals surface area contributed by atoms with E-state index in [0.717, 1.165) is 30.9 Å². The molecule has 2 heterocycles. The summed E-state index contributed by atoms with van der Waals surface area (Å²) in [6, 6.07) is 8.06. The molecule has 3 rings (SSSR count). The Morgan fingerprint density at radius 3 is 2.95 bits per heavy atom. The zero-order valence-corrected chi connectivity index (χ0v) is 11.5. The SMILES string of the molecule is CC1(C)C(=O)N(CC2CNCCO2)c2ccccc21. The molecule has 0 radical (unpaired) electrons. The van der Waals surface area contributed by atoms with Gasteiger partial charge in [0.05, 0.1) is 24.7 Å². The van der Waals surface area contributed by atoms with Gasteiger partial charge in [-0.05, 0) is 25.5 Å². The average molecular weight is 260 g/mol. The van der Waals surface area contributed by atoms with Gasteiger partial charge in [0, 0.05) is 18.8 Å². The van der Waals surface area contributed by atoms with Crippen molar-refractivity contribution in [1.82, 2.24) is 5.32 Å². The first-order valence-electron chi connectivity index (χ1n) is 6.84. The maximum absolute atomic E-state index is 12.6. The summed E-state index contributed by atoms with van der Waals surface area (Å²) in [5.74, 6) is 0.169.